The summed E-state index contributed by atoms with van der Waals surface area (Å²) in [7, 11) is 0. The van der Waals surface area contributed by atoms with Crippen LogP contribution in [0.5, 0.6) is 0 Å². The van der Waals surface area contributed by atoms with Crippen molar-refractivity contribution in [3.8, 4) is 0 Å². The van der Waals surface area contributed by atoms with E-state index < -0.39 is 0 Å². The molecule has 1 aromatic carbocycles. The summed E-state index contributed by atoms with van der Waals surface area (Å²) in [6, 6.07) is 9.37. The van der Waals surface area contributed by atoms with Crippen molar-refractivity contribution in [2.75, 3.05) is 0 Å². The maximum atomic E-state index is 12.4. The molecular weight excluding hydrogens is 250 g/mol. The first-order valence-electron chi connectivity index (χ1n) is 7.42. The quantitative estimate of drug-likeness (QED) is 0.782. The second-order valence-electron chi connectivity index (χ2n) is 6.06. The summed E-state index contributed by atoms with van der Waals surface area (Å²) in [5.41, 5.74) is 1.76. The average molecular weight is 269 g/mol. The van der Waals surface area contributed by atoms with Gasteiger partial charge in [0.2, 0.25) is 0 Å². The van der Waals surface area contributed by atoms with Gasteiger partial charge in [-0.3, -0.25) is 4.79 Å². The summed E-state index contributed by atoms with van der Waals surface area (Å²) in [5, 5.41) is 7.94. The van der Waals surface area contributed by atoms with Crippen LogP contribution in [0.15, 0.2) is 30.5 Å². The molecule has 4 rings (SSSR count). The number of piperidine rings is 1. The van der Waals surface area contributed by atoms with Gasteiger partial charge < -0.3 is 15.6 Å². The van der Waals surface area contributed by atoms with Crippen LogP contribution in [0.2, 0.25) is 0 Å². The topological polar surface area (TPSA) is 56.9 Å². The highest BCUT2D eigenvalue weighted by Crippen LogP contribution is 2.27. The fraction of sp³-hybridized carbons (Fsp3) is 0.438. The number of benzene rings is 1. The minimum absolute atomic E-state index is 0.0489. The van der Waals surface area contributed by atoms with Gasteiger partial charge in [0.1, 0.15) is 0 Å². The average Bonchev–Trinajstić information content (AvgIpc) is 3.04. The second-order valence-corrected chi connectivity index (χ2v) is 6.06. The molecule has 104 valence electrons. The Balaban J connectivity index is 1.49. The Morgan fingerprint density at radius 1 is 1.15 bits per heavy atom. The van der Waals surface area contributed by atoms with Crippen LogP contribution in [0.25, 0.3) is 10.9 Å². The molecule has 2 aliphatic heterocycles. The Bertz CT molecular complexity index is 636. The predicted molar refractivity (Wildman–Crippen MR) is 78.7 cm³/mol. The number of amides is 1. The van der Waals surface area contributed by atoms with Gasteiger partial charge in [0.05, 0.1) is 0 Å². The van der Waals surface area contributed by atoms with Gasteiger partial charge in [-0.1, -0.05) is 6.07 Å². The Morgan fingerprint density at radius 3 is 2.75 bits per heavy atom. The van der Waals surface area contributed by atoms with Gasteiger partial charge in [0.15, 0.2) is 0 Å². The fourth-order valence-electron chi connectivity index (χ4n) is 3.63. The molecule has 2 saturated heterocycles. The van der Waals surface area contributed by atoms with E-state index in [-0.39, 0.29) is 5.91 Å². The Kier molecular flexibility index (Phi) is 2.77. The molecule has 2 aliphatic rings. The molecule has 0 aliphatic carbocycles. The first-order chi connectivity index (χ1) is 9.78. The van der Waals surface area contributed by atoms with Crippen molar-refractivity contribution in [2.45, 2.75) is 43.8 Å². The van der Waals surface area contributed by atoms with Gasteiger partial charge in [-0.2, -0.15) is 0 Å². The molecule has 20 heavy (non-hydrogen) atoms. The first kappa shape index (κ1) is 12.0. The van der Waals surface area contributed by atoms with Crippen molar-refractivity contribution in [1.29, 1.82) is 0 Å². The zero-order valence-corrected chi connectivity index (χ0v) is 11.4. The van der Waals surface area contributed by atoms with E-state index in [4.69, 9.17) is 0 Å². The van der Waals surface area contributed by atoms with Crippen LogP contribution in [-0.2, 0) is 0 Å². The lowest BCUT2D eigenvalue weighted by molar-refractivity contribution is 0.0924. The molecule has 3 heterocycles. The lowest BCUT2D eigenvalue weighted by Crippen LogP contribution is -2.48. The molecule has 2 bridgehead atoms. The van der Waals surface area contributed by atoms with Crippen molar-refractivity contribution < 1.29 is 4.79 Å². The number of carbonyl (C=O) groups excluding carboxylic acids is 1. The molecule has 2 aromatic rings. The number of H-pyrrole nitrogens is 1. The third-order valence-corrected chi connectivity index (χ3v) is 4.63. The number of hydrogen-bond donors (Lipinski definition) is 3. The standard InChI is InChI=1S/C16H19N3O/c20-16(11-2-1-10-5-6-17-15(10)7-11)19-14-8-12-3-4-13(9-14)18-12/h1-2,5-7,12-14,17-18H,3-4,8-9H2,(H,19,20). The Morgan fingerprint density at radius 2 is 1.95 bits per heavy atom. The van der Waals surface area contributed by atoms with Crippen LogP contribution >= 0.6 is 0 Å². The molecule has 0 spiro atoms. The maximum Gasteiger partial charge on any atom is 0.251 e. The molecule has 3 N–H and O–H groups in total. The lowest BCUT2D eigenvalue weighted by Gasteiger charge is -2.29. The molecule has 1 aromatic heterocycles. The number of nitrogens with one attached hydrogen (secondary N) is 3. The van der Waals surface area contributed by atoms with Crippen molar-refractivity contribution >= 4 is 16.8 Å². The van der Waals surface area contributed by atoms with E-state index in [9.17, 15) is 4.79 Å². The number of fused-ring (bicyclic) bond motifs is 3. The van der Waals surface area contributed by atoms with Crippen molar-refractivity contribution in [3.63, 3.8) is 0 Å². The number of aromatic nitrogens is 1. The largest absolute Gasteiger partial charge is 0.361 e. The summed E-state index contributed by atoms with van der Waals surface area (Å²) in [6.07, 6.45) is 6.54. The lowest BCUT2D eigenvalue weighted by atomic mass is 9.99. The first-order valence-corrected chi connectivity index (χ1v) is 7.42. The summed E-state index contributed by atoms with van der Waals surface area (Å²) in [5.74, 6) is 0.0489. The van der Waals surface area contributed by atoms with E-state index in [2.05, 4.69) is 15.6 Å². The van der Waals surface area contributed by atoms with Crippen LogP contribution in [-0.4, -0.2) is 29.0 Å². The van der Waals surface area contributed by atoms with Crippen LogP contribution < -0.4 is 10.6 Å². The van der Waals surface area contributed by atoms with Gasteiger partial charge in [0.25, 0.3) is 5.91 Å². The van der Waals surface area contributed by atoms with Gasteiger partial charge in [-0.25, -0.2) is 0 Å². The van der Waals surface area contributed by atoms with E-state index in [0.717, 1.165) is 29.3 Å². The SMILES string of the molecule is O=C(NC1CC2CCC(C1)N2)c1ccc2cc[nH]c2c1. The molecule has 2 fully saturated rings. The van der Waals surface area contributed by atoms with Gasteiger partial charge in [0, 0.05) is 35.4 Å². The highest BCUT2D eigenvalue weighted by molar-refractivity contribution is 5.98. The summed E-state index contributed by atoms with van der Waals surface area (Å²) in [6.45, 7) is 0. The zero-order valence-electron chi connectivity index (χ0n) is 11.4. The predicted octanol–water partition coefficient (Wildman–Crippen LogP) is 2.18. The number of carbonyl (C=O) groups is 1. The molecule has 0 saturated carbocycles. The second kappa shape index (κ2) is 4.63. The minimum atomic E-state index is 0.0489. The Hall–Kier alpha value is -1.81. The third-order valence-electron chi connectivity index (χ3n) is 4.63. The van der Waals surface area contributed by atoms with E-state index in [1.165, 1.54) is 12.8 Å². The highest BCUT2D eigenvalue weighted by atomic mass is 16.1. The summed E-state index contributed by atoms with van der Waals surface area (Å²) in [4.78, 5) is 15.5. The normalized spacial score (nSPS) is 28.7. The molecule has 4 heteroatoms. The van der Waals surface area contributed by atoms with Gasteiger partial charge >= 0.3 is 0 Å². The maximum absolute atomic E-state index is 12.4. The van der Waals surface area contributed by atoms with E-state index in [0.29, 0.717) is 18.1 Å². The number of rotatable bonds is 2. The number of aromatic amines is 1. The summed E-state index contributed by atoms with van der Waals surface area (Å²) >= 11 is 0. The van der Waals surface area contributed by atoms with Crippen molar-refractivity contribution in [1.82, 2.24) is 15.6 Å². The molecule has 2 atom stereocenters. The smallest absolute Gasteiger partial charge is 0.251 e. The van der Waals surface area contributed by atoms with Gasteiger partial charge in [-0.05, 0) is 49.3 Å². The van der Waals surface area contributed by atoms with Crippen LogP contribution in [0.1, 0.15) is 36.0 Å². The molecule has 4 nitrogen and oxygen atoms in total. The third kappa shape index (κ3) is 2.10. The molecular formula is C16H19N3O. The zero-order chi connectivity index (χ0) is 13.5. The van der Waals surface area contributed by atoms with E-state index >= 15 is 0 Å². The van der Waals surface area contributed by atoms with E-state index in [1.807, 2.05) is 30.5 Å². The number of hydrogen-bond acceptors (Lipinski definition) is 2. The van der Waals surface area contributed by atoms with Crippen LogP contribution in [0.3, 0.4) is 0 Å². The minimum Gasteiger partial charge on any atom is -0.361 e. The summed E-state index contributed by atoms with van der Waals surface area (Å²) < 4.78 is 0. The van der Waals surface area contributed by atoms with Crippen LogP contribution in [0.4, 0.5) is 0 Å². The monoisotopic (exact) mass is 269 g/mol. The molecule has 0 radical (unpaired) electrons. The van der Waals surface area contributed by atoms with Gasteiger partial charge in [-0.15, -0.1) is 0 Å². The highest BCUT2D eigenvalue weighted by Gasteiger charge is 2.34. The fourth-order valence-corrected chi connectivity index (χ4v) is 3.63. The van der Waals surface area contributed by atoms with Crippen molar-refractivity contribution in [3.05, 3.63) is 36.0 Å². The molecule has 1 amide bonds. The van der Waals surface area contributed by atoms with Crippen LogP contribution in [0, 0.1) is 0 Å². The Labute approximate surface area is 117 Å². The molecule has 2 unspecified atom stereocenters. The van der Waals surface area contributed by atoms with E-state index in [1.54, 1.807) is 0 Å². The van der Waals surface area contributed by atoms with Crippen molar-refractivity contribution in [2.24, 2.45) is 0 Å².